The number of benzene rings is 2. The summed E-state index contributed by atoms with van der Waals surface area (Å²) in [5.74, 6) is -1.57. The number of fused-ring (bicyclic) bond motifs is 1. The van der Waals surface area contributed by atoms with Crippen LogP contribution < -0.4 is 10.2 Å². The number of amides is 2. The van der Waals surface area contributed by atoms with Gasteiger partial charge in [-0.2, -0.15) is 0 Å². The first kappa shape index (κ1) is 31.6. The second-order valence-corrected chi connectivity index (χ2v) is 13.1. The third-order valence-corrected chi connectivity index (χ3v) is 9.78. The van der Waals surface area contributed by atoms with Gasteiger partial charge in [0.15, 0.2) is 10.8 Å². The van der Waals surface area contributed by atoms with Crippen LogP contribution in [-0.2, 0) is 19.7 Å². The summed E-state index contributed by atoms with van der Waals surface area (Å²) in [6.07, 6.45) is 1.66. The molecule has 2 saturated heterocycles. The molecule has 6 rings (SSSR count). The Bertz CT molecular complexity index is 1750. The van der Waals surface area contributed by atoms with Crippen LogP contribution >= 0.6 is 22.9 Å². The number of rotatable bonds is 8. The van der Waals surface area contributed by atoms with Gasteiger partial charge in [-0.05, 0) is 43.7 Å². The lowest BCUT2D eigenvalue weighted by atomic mass is 9.85. The molecule has 240 valence electrons. The molecule has 2 fully saturated rings. The number of ether oxygens (including phenoxy) is 1. The Kier molecular flexibility index (Phi) is 8.57. The average molecular weight is 667 g/mol. The fourth-order valence-corrected chi connectivity index (χ4v) is 6.86. The topological polar surface area (TPSA) is 128 Å². The van der Waals surface area contributed by atoms with Crippen LogP contribution in [0.2, 0.25) is 5.02 Å². The lowest BCUT2D eigenvalue weighted by Crippen LogP contribution is -2.53. The number of hydrogen-bond acceptors (Lipinski definition) is 9. The first-order valence-electron chi connectivity index (χ1n) is 14.6. The third-order valence-electron chi connectivity index (χ3n) is 8.68. The number of carboxylic acid groups (broad SMARTS) is 1. The van der Waals surface area contributed by atoms with Crippen molar-refractivity contribution in [1.29, 1.82) is 0 Å². The molecule has 3 aliphatic rings. The number of nitrogens with zero attached hydrogens (tertiary/aromatic N) is 5. The van der Waals surface area contributed by atoms with Crippen LogP contribution in [0.1, 0.15) is 36.0 Å². The zero-order valence-electron chi connectivity index (χ0n) is 25.4. The van der Waals surface area contributed by atoms with E-state index in [0.29, 0.717) is 66.1 Å². The van der Waals surface area contributed by atoms with Gasteiger partial charge in [0.05, 0.1) is 24.1 Å². The van der Waals surface area contributed by atoms with Gasteiger partial charge in [-0.3, -0.25) is 19.6 Å². The minimum atomic E-state index is -1.05. The second kappa shape index (κ2) is 12.5. The summed E-state index contributed by atoms with van der Waals surface area (Å²) in [6, 6.07) is 9.97. The molecule has 3 aliphatic heterocycles. The molecule has 2 amide bonds. The lowest BCUT2D eigenvalue weighted by molar-refractivity contribution is -0.142. The number of carboxylic acids is 1. The standard InChI is InChI=1S/C32H32ClFN6O5S/c1-32(2,30(42)43)18-4-7-20(8-5-18)40-16-21-15-38(11-12-39(21)31(40)44)17-24-25(29(41)45-3)26(22-9-6-19(34)14-23(22)33)37-27(36-24)28-35-10-13-46-28/h4-10,13-14,21,26H,11-12,15-17H2,1-3H3,(H,36,37)(H,42,43)/t21-,26-/m0/s1. The number of piperazine rings is 1. The molecule has 0 radical (unpaired) electrons. The van der Waals surface area contributed by atoms with Gasteiger partial charge in [-0.25, -0.2) is 19.0 Å². The predicted octanol–water partition coefficient (Wildman–Crippen LogP) is 4.44. The molecule has 3 aromatic rings. The van der Waals surface area contributed by atoms with Crippen molar-refractivity contribution < 1.29 is 28.6 Å². The number of carbonyl (C=O) groups is 3. The Balaban J connectivity index is 1.26. The molecule has 2 N–H and O–H groups in total. The highest BCUT2D eigenvalue weighted by molar-refractivity contribution is 7.11. The van der Waals surface area contributed by atoms with Crippen molar-refractivity contribution in [2.24, 2.45) is 4.99 Å². The molecule has 11 nitrogen and oxygen atoms in total. The number of hydrogen-bond donors (Lipinski definition) is 2. The van der Waals surface area contributed by atoms with Crippen LogP contribution in [-0.4, -0.2) is 89.6 Å². The number of thiazole rings is 1. The molecule has 1 aromatic heterocycles. The predicted molar refractivity (Wildman–Crippen MR) is 172 cm³/mol. The van der Waals surface area contributed by atoms with E-state index in [1.807, 2.05) is 10.3 Å². The summed E-state index contributed by atoms with van der Waals surface area (Å²) in [6.45, 7) is 5.63. The number of nitrogens with one attached hydrogen (secondary N) is 1. The summed E-state index contributed by atoms with van der Waals surface area (Å²) in [5.41, 5.74) is 1.56. The van der Waals surface area contributed by atoms with E-state index in [9.17, 15) is 23.9 Å². The Morgan fingerprint density at radius 1 is 1.17 bits per heavy atom. The first-order valence-corrected chi connectivity index (χ1v) is 15.9. The highest BCUT2D eigenvalue weighted by Crippen LogP contribution is 2.37. The van der Waals surface area contributed by atoms with Crippen LogP contribution in [0.3, 0.4) is 0 Å². The number of esters is 1. The van der Waals surface area contributed by atoms with E-state index in [0.717, 1.165) is 0 Å². The highest BCUT2D eigenvalue weighted by Gasteiger charge is 2.42. The smallest absolute Gasteiger partial charge is 0.338 e. The molecule has 0 saturated carbocycles. The number of carbonyl (C=O) groups excluding carboxylic acids is 2. The molecule has 46 heavy (non-hydrogen) atoms. The van der Waals surface area contributed by atoms with Gasteiger partial charge in [0, 0.05) is 66.3 Å². The Morgan fingerprint density at radius 2 is 1.93 bits per heavy atom. The monoisotopic (exact) mass is 666 g/mol. The summed E-state index contributed by atoms with van der Waals surface area (Å²) >= 11 is 7.86. The number of halogens is 2. The molecule has 2 aromatic carbocycles. The van der Waals surface area contributed by atoms with Crippen molar-refractivity contribution in [3.05, 3.63) is 92.3 Å². The van der Waals surface area contributed by atoms with Gasteiger partial charge >= 0.3 is 18.0 Å². The van der Waals surface area contributed by atoms with Crippen molar-refractivity contribution >= 4 is 52.4 Å². The quantitative estimate of drug-likeness (QED) is 0.338. The van der Waals surface area contributed by atoms with E-state index in [-0.39, 0.29) is 22.7 Å². The minimum Gasteiger partial charge on any atom is -0.481 e. The van der Waals surface area contributed by atoms with E-state index < -0.39 is 29.2 Å². The Hall–Kier alpha value is -4.33. The Labute approximate surface area is 273 Å². The normalized spacial score (nSPS) is 20.4. The van der Waals surface area contributed by atoms with Crippen molar-refractivity contribution in [2.45, 2.75) is 31.3 Å². The second-order valence-electron chi connectivity index (χ2n) is 11.8. The fourth-order valence-electron chi connectivity index (χ4n) is 6.00. The van der Waals surface area contributed by atoms with E-state index in [2.05, 4.69) is 15.2 Å². The van der Waals surface area contributed by atoms with Crippen LogP contribution in [0.15, 0.2) is 70.3 Å². The molecule has 14 heteroatoms. The maximum atomic E-state index is 14.0. The van der Waals surface area contributed by atoms with Crippen molar-refractivity contribution in [3.8, 4) is 0 Å². The van der Waals surface area contributed by atoms with Gasteiger partial charge in [0.25, 0.3) is 0 Å². The maximum Gasteiger partial charge on any atom is 0.338 e. The van der Waals surface area contributed by atoms with Crippen LogP contribution in [0.25, 0.3) is 0 Å². The summed E-state index contributed by atoms with van der Waals surface area (Å²) in [5, 5.41) is 15.5. The molecule has 2 atom stereocenters. The number of aliphatic carboxylic acids is 1. The van der Waals surface area contributed by atoms with Gasteiger partial charge < -0.3 is 20.1 Å². The number of methoxy groups -OCH3 is 1. The minimum absolute atomic E-state index is 0.107. The van der Waals surface area contributed by atoms with E-state index in [1.165, 1.54) is 36.6 Å². The van der Waals surface area contributed by atoms with Crippen LogP contribution in [0.4, 0.5) is 14.9 Å². The van der Waals surface area contributed by atoms with E-state index >= 15 is 0 Å². The zero-order valence-corrected chi connectivity index (χ0v) is 26.9. The maximum absolute atomic E-state index is 14.0. The fraction of sp³-hybridized carbons (Fsp3) is 0.344. The third kappa shape index (κ3) is 5.85. The number of aliphatic imine (C=N–C) groups is 1. The largest absolute Gasteiger partial charge is 0.481 e. The van der Waals surface area contributed by atoms with Gasteiger partial charge in [0.1, 0.15) is 11.9 Å². The van der Waals surface area contributed by atoms with Gasteiger partial charge in [-0.1, -0.05) is 29.8 Å². The van der Waals surface area contributed by atoms with Crippen molar-refractivity contribution in [3.63, 3.8) is 0 Å². The molecular formula is C32H32ClFN6O5S. The summed E-state index contributed by atoms with van der Waals surface area (Å²) in [4.78, 5) is 53.3. The van der Waals surface area contributed by atoms with Gasteiger partial charge in [0.2, 0.25) is 0 Å². The Morgan fingerprint density at radius 3 is 2.59 bits per heavy atom. The zero-order chi connectivity index (χ0) is 32.7. The number of aromatic nitrogens is 1. The van der Waals surface area contributed by atoms with Gasteiger partial charge in [-0.15, -0.1) is 11.3 Å². The van der Waals surface area contributed by atoms with Crippen LogP contribution in [0.5, 0.6) is 0 Å². The van der Waals surface area contributed by atoms with E-state index in [4.69, 9.17) is 21.3 Å². The average Bonchev–Trinajstić information content (AvgIpc) is 3.69. The van der Waals surface area contributed by atoms with E-state index in [1.54, 1.807) is 49.2 Å². The molecule has 0 spiro atoms. The molecular weight excluding hydrogens is 635 g/mol. The molecule has 0 aliphatic carbocycles. The number of urea groups is 1. The number of amidine groups is 1. The molecule has 4 heterocycles. The SMILES string of the molecule is COC(=O)C1=C(CN2CCN3C(=O)N(c4ccc(C(C)(C)C(=O)O)cc4)C[C@@H]3C2)NC(c2nccs2)=N[C@H]1c1ccc(F)cc1Cl. The highest BCUT2D eigenvalue weighted by atomic mass is 35.5. The summed E-state index contributed by atoms with van der Waals surface area (Å²) in [7, 11) is 1.29. The lowest BCUT2D eigenvalue weighted by Gasteiger charge is -2.38. The number of anilines is 1. The first-order chi connectivity index (χ1) is 22.0. The molecule has 0 bridgehead atoms. The van der Waals surface area contributed by atoms with Crippen molar-refractivity contribution in [1.82, 2.24) is 20.1 Å². The van der Waals surface area contributed by atoms with Crippen molar-refractivity contribution in [2.75, 3.05) is 44.7 Å². The molecule has 0 unspecified atom stereocenters. The van der Waals surface area contributed by atoms with Crippen LogP contribution in [0, 0.1) is 5.82 Å². The summed E-state index contributed by atoms with van der Waals surface area (Å²) < 4.78 is 19.2.